The van der Waals surface area contributed by atoms with Gasteiger partial charge in [0.25, 0.3) is 10.0 Å². The average molecular weight is 399 g/mol. The number of hydrogen-bond acceptors (Lipinski definition) is 5. The van der Waals surface area contributed by atoms with Crippen molar-refractivity contribution in [3.05, 3.63) is 52.5 Å². The zero-order chi connectivity index (χ0) is 16.9. The highest BCUT2D eigenvalue weighted by Crippen LogP contribution is 2.28. The molecule has 0 amide bonds. The van der Waals surface area contributed by atoms with Crippen LogP contribution in [0.4, 0.5) is 0 Å². The summed E-state index contributed by atoms with van der Waals surface area (Å²) >= 11 is 3.24. The lowest BCUT2D eigenvalue weighted by molar-refractivity contribution is 0.318. The number of benzene rings is 2. The Labute approximate surface area is 143 Å². The van der Waals surface area contributed by atoms with Crippen LogP contribution in [0.3, 0.4) is 0 Å². The highest BCUT2D eigenvalue weighted by atomic mass is 79.9. The van der Waals surface area contributed by atoms with Crippen molar-refractivity contribution in [2.45, 2.75) is 11.8 Å². The molecule has 0 saturated heterocycles. The largest absolute Gasteiger partial charge is 0.504 e. The summed E-state index contributed by atoms with van der Waals surface area (Å²) in [5.74, 6) is 0.216. The molecule has 2 N–H and O–H groups in total. The Balaban J connectivity index is 2.15. The van der Waals surface area contributed by atoms with Crippen LogP contribution in [0, 0.1) is 0 Å². The molecule has 2 aromatic carbocycles. The smallest absolute Gasteiger partial charge is 0.276 e. The zero-order valence-corrected chi connectivity index (χ0v) is 14.6. The maximum Gasteiger partial charge on any atom is 0.276 e. The van der Waals surface area contributed by atoms with E-state index >= 15 is 0 Å². The second-order valence-electron chi connectivity index (χ2n) is 4.43. The highest BCUT2D eigenvalue weighted by molar-refractivity contribution is 9.10. The van der Waals surface area contributed by atoms with Crippen molar-refractivity contribution in [3.8, 4) is 11.5 Å². The third kappa shape index (κ3) is 4.46. The molecule has 0 fully saturated rings. The average Bonchev–Trinajstić information content (AvgIpc) is 2.51. The number of aromatic hydroxyl groups is 1. The molecule has 2 rings (SSSR count). The number of phenols is 1. The predicted octanol–water partition coefficient (Wildman–Crippen LogP) is 2.87. The molecule has 0 heterocycles. The quantitative estimate of drug-likeness (QED) is 0.578. The first kappa shape index (κ1) is 17.3. The molecular formula is C15H15BrN2O4S. The molecule has 0 spiro atoms. The van der Waals surface area contributed by atoms with Crippen LogP contribution < -0.4 is 9.57 Å². The fourth-order valence-corrected chi connectivity index (χ4v) is 2.80. The van der Waals surface area contributed by atoms with E-state index in [0.717, 1.165) is 4.47 Å². The lowest BCUT2D eigenvalue weighted by Crippen LogP contribution is -2.18. The van der Waals surface area contributed by atoms with Crippen LogP contribution >= 0.6 is 15.9 Å². The molecule has 0 radical (unpaired) electrons. The summed E-state index contributed by atoms with van der Waals surface area (Å²) in [5.41, 5.74) is 0.342. The van der Waals surface area contributed by atoms with E-state index in [9.17, 15) is 13.5 Å². The summed E-state index contributed by atoms with van der Waals surface area (Å²) in [6.07, 6.45) is 1.22. The Kier molecular flexibility index (Phi) is 5.62. The fourth-order valence-electron chi connectivity index (χ4n) is 1.75. The minimum atomic E-state index is -3.76. The lowest BCUT2D eigenvalue weighted by Gasteiger charge is -2.07. The van der Waals surface area contributed by atoms with Crippen LogP contribution in [0.25, 0.3) is 0 Å². The minimum absolute atomic E-state index is 0.0881. The number of para-hydroxylation sites is 1. The molecule has 0 aromatic heterocycles. The number of sulfonamides is 1. The molecule has 8 heteroatoms. The van der Waals surface area contributed by atoms with Crippen molar-refractivity contribution >= 4 is 32.2 Å². The third-order valence-electron chi connectivity index (χ3n) is 2.83. The van der Waals surface area contributed by atoms with Crippen molar-refractivity contribution in [1.29, 1.82) is 0 Å². The lowest BCUT2D eigenvalue weighted by atomic mass is 10.2. The third-order valence-corrected chi connectivity index (χ3v) is 4.60. The van der Waals surface area contributed by atoms with E-state index in [4.69, 9.17) is 4.74 Å². The van der Waals surface area contributed by atoms with Gasteiger partial charge in [-0.05, 0) is 43.3 Å². The van der Waals surface area contributed by atoms with Crippen LogP contribution in [0.1, 0.15) is 12.5 Å². The molecule has 0 atom stereocenters. The summed E-state index contributed by atoms with van der Waals surface area (Å²) in [6.45, 7) is 2.21. The predicted molar refractivity (Wildman–Crippen MR) is 91.3 cm³/mol. The van der Waals surface area contributed by atoms with E-state index in [1.54, 1.807) is 37.3 Å². The van der Waals surface area contributed by atoms with Crippen LogP contribution in [-0.2, 0) is 10.0 Å². The van der Waals surface area contributed by atoms with Crippen LogP contribution in [0.15, 0.2) is 56.9 Å². The molecule has 23 heavy (non-hydrogen) atoms. The van der Waals surface area contributed by atoms with E-state index in [1.807, 2.05) is 0 Å². The zero-order valence-electron chi connectivity index (χ0n) is 12.2. The second kappa shape index (κ2) is 7.47. The molecule has 0 bridgehead atoms. The van der Waals surface area contributed by atoms with Crippen LogP contribution in [0.5, 0.6) is 11.5 Å². The van der Waals surface area contributed by atoms with Crippen molar-refractivity contribution < 1.29 is 18.3 Å². The highest BCUT2D eigenvalue weighted by Gasteiger charge is 2.12. The van der Waals surface area contributed by atoms with Gasteiger partial charge in [0.15, 0.2) is 11.5 Å². The van der Waals surface area contributed by atoms with Gasteiger partial charge >= 0.3 is 0 Å². The number of nitrogens with zero attached hydrogens (tertiary/aromatic N) is 1. The van der Waals surface area contributed by atoms with Gasteiger partial charge in [-0.3, -0.25) is 0 Å². The van der Waals surface area contributed by atoms with Gasteiger partial charge in [0.2, 0.25) is 0 Å². The van der Waals surface area contributed by atoms with Crippen molar-refractivity contribution in [1.82, 2.24) is 4.83 Å². The molecule has 0 saturated carbocycles. The topological polar surface area (TPSA) is 88.0 Å². The first-order chi connectivity index (χ1) is 10.9. The van der Waals surface area contributed by atoms with Gasteiger partial charge in [-0.1, -0.05) is 22.0 Å². The maximum absolute atomic E-state index is 12.1. The first-order valence-electron chi connectivity index (χ1n) is 6.69. The van der Waals surface area contributed by atoms with Gasteiger partial charge < -0.3 is 9.84 Å². The minimum Gasteiger partial charge on any atom is -0.504 e. The number of hydrazone groups is 1. The number of nitrogens with one attached hydrogen (secondary N) is 1. The summed E-state index contributed by atoms with van der Waals surface area (Å²) in [5, 5.41) is 13.7. The van der Waals surface area contributed by atoms with E-state index in [2.05, 4.69) is 25.9 Å². The van der Waals surface area contributed by atoms with Gasteiger partial charge in [0.1, 0.15) is 0 Å². The Bertz CT molecular complexity index is 805. The Morgan fingerprint density at radius 3 is 2.61 bits per heavy atom. The Morgan fingerprint density at radius 2 is 1.96 bits per heavy atom. The van der Waals surface area contributed by atoms with E-state index in [1.165, 1.54) is 18.3 Å². The van der Waals surface area contributed by atoms with Crippen molar-refractivity contribution in [3.63, 3.8) is 0 Å². The summed E-state index contributed by atoms with van der Waals surface area (Å²) < 4.78 is 30.1. The molecule has 0 aliphatic heterocycles. The SMILES string of the molecule is CCOc1cccc(C=NNS(=O)(=O)c2ccc(Br)cc2)c1O. The van der Waals surface area contributed by atoms with Crippen molar-refractivity contribution in [2.24, 2.45) is 5.10 Å². The van der Waals surface area contributed by atoms with Gasteiger partial charge in [-0.2, -0.15) is 13.5 Å². The number of halogens is 1. The van der Waals surface area contributed by atoms with E-state index in [-0.39, 0.29) is 10.6 Å². The standard InChI is InChI=1S/C15H15BrN2O4S/c1-2-22-14-5-3-4-11(15(14)19)10-17-18-23(20,21)13-8-6-12(16)7-9-13/h3-10,18-19H,2H2,1H3. The number of hydrogen-bond donors (Lipinski definition) is 2. The Morgan fingerprint density at radius 1 is 1.26 bits per heavy atom. The molecule has 2 aromatic rings. The molecule has 122 valence electrons. The van der Waals surface area contributed by atoms with Crippen LogP contribution in [0.2, 0.25) is 0 Å². The van der Waals surface area contributed by atoms with Gasteiger partial charge in [-0.15, -0.1) is 0 Å². The number of phenolic OH excluding ortho intramolecular Hbond substituents is 1. The summed E-state index contributed by atoms with van der Waals surface area (Å²) in [6, 6.07) is 11.0. The second-order valence-corrected chi connectivity index (χ2v) is 7.01. The number of ether oxygens (including phenoxy) is 1. The molecule has 0 aliphatic carbocycles. The maximum atomic E-state index is 12.1. The molecule has 6 nitrogen and oxygen atoms in total. The molecule has 0 aliphatic rings. The fraction of sp³-hybridized carbons (Fsp3) is 0.133. The summed E-state index contributed by atoms with van der Waals surface area (Å²) in [4.78, 5) is 2.18. The van der Waals surface area contributed by atoms with Gasteiger partial charge in [0.05, 0.1) is 17.7 Å². The van der Waals surface area contributed by atoms with Crippen molar-refractivity contribution in [2.75, 3.05) is 6.61 Å². The van der Waals surface area contributed by atoms with Crippen LogP contribution in [-0.4, -0.2) is 26.3 Å². The first-order valence-corrected chi connectivity index (χ1v) is 8.97. The molecular weight excluding hydrogens is 384 g/mol. The number of rotatable bonds is 6. The van der Waals surface area contributed by atoms with E-state index in [0.29, 0.717) is 17.9 Å². The molecule has 0 unspecified atom stereocenters. The summed E-state index contributed by atoms with van der Waals surface area (Å²) in [7, 11) is -3.76. The Hall–Kier alpha value is -2.06. The van der Waals surface area contributed by atoms with Gasteiger partial charge in [-0.25, -0.2) is 4.83 Å². The van der Waals surface area contributed by atoms with Gasteiger partial charge in [0, 0.05) is 10.0 Å². The van der Waals surface area contributed by atoms with E-state index < -0.39 is 10.0 Å². The monoisotopic (exact) mass is 398 g/mol. The normalized spacial score (nSPS) is 11.6.